The Balaban J connectivity index is 2.83. The molecule has 0 unspecified atom stereocenters. The van der Waals surface area contributed by atoms with E-state index in [4.69, 9.17) is 0 Å². The van der Waals surface area contributed by atoms with Crippen molar-refractivity contribution in [3.05, 3.63) is 20.5 Å². The van der Waals surface area contributed by atoms with Crippen LogP contribution in [0.1, 0.15) is 26.7 Å². The molecule has 0 spiro atoms. The second-order valence-corrected chi connectivity index (χ2v) is 3.89. The van der Waals surface area contributed by atoms with Gasteiger partial charge < -0.3 is 0 Å². The van der Waals surface area contributed by atoms with Crippen molar-refractivity contribution in [2.75, 3.05) is 0 Å². The Bertz CT molecular complexity index is 175. The third kappa shape index (κ3) is 1.43. The molecular weight excluding hydrogens is 187 g/mol. The van der Waals surface area contributed by atoms with Gasteiger partial charge in [-0.1, -0.05) is 0 Å². The predicted molar refractivity (Wildman–Crippen MR) is 35.7 cm³/mol. The molecule has 0 atom stereocenters. The van der Waals surface area contributed by atoms with Crippen LogP contribution in [0.2, 0.25) is 0 Å². The van der Waals surface area contributed by atoms with Crippen molar-refractivity contribution in [2.45, 2.75) is 26.7 Å². The summed E-state index contributed by atoms with van der Waals surface area (Å²) < 4.78 is 1.65. The topological polar surface area (TPSA) is 0 Å². The van der Waals surface area contributed by atoms with Crippen LogP contribution in [0.3, 0.4) is 0 Å². The van der Waals surface area contributed by atoms with E-state index in [0.29, 0.717) is 0 Å². The van der Waals surface area contributed by atoms with Gasteiger partial charge in [-0.2, -0.15) is 0 Å². The molecule has 9 heavy (non-hydrogen) atoms. The molecule has 0 fully saturated rings. The van der Waals surface area contributed by atoms with Crippen molar-refractivity contribution in [1.29, 1.82) is 0 Å². The van der Waals surface area contributed by atoms with Gasteiger partial charge in [-0.25, -0.2) is 0 Å². The van der Waals surface area contributed by atoms with Crippen LogP contribution in [0.15, 0.2) is 20.5 Å². The van der Waals surface area contributed by atoms with Gasteiger partial charge in [0.25, 0.3) is 0 Å². The summed E-state index contributed by atoms with van der Waals surface area (Å²) in [6.07, 6.45) is 4.79. The van der Waals surface area contributed by atoms with Crippen molar-refractivity contribution in [3.8, 4) is 0 Å². The van der Waals surface area contributed by atoms with Crippen LogP contribution in [0, 0.1) is 0 Å². The molecule has 0 saturated heterocycles. The average molecular weight is 198 g/mol. The molecule has 0 aromatic heterocycles. The number of hydrogen-bond acceptors (Lipinski definition) is 0. The van der Waals surface area contributed by atoms with Crippen LogP contribution in [-0.4, -0.2) is 0 Å². The van der Waals surface area contributed by atoms with Gasteiger partial charge in [-0.15, -0.1) is 0 Å². The van der Waals surface area contributed by atoms with Gasteiger partial charge >= 0.3 is 71.9 Å². The van der Waals surface area contributed by atoms with Crippen LogP contribution in [-0.2, 0) is 24.7 Å². The summed E-state index contributed by atoms with van der Waals surface area (Å²) in [5.41, 5.74) is 3.14. The van der Waals surface area contributed by atoms with Gasteiger partial charge in [0.05, 0.1) is 0 Å². The first kappa shape index (κ1) is 7.47. The monoisotopic (exact) mass is 197 g/mol. The Kier molecular flexibility index (Phi) is 2.46. The van der Waals surface area contributed by atoms with Gasteiger partial charge in [-0.3, -0.25) is 0 Å². The van der Waals surface area contributed by atoms with Gasteiger partial charge in [0.15, 0.2) is 0 Å². The molecule has 0 radical (unpaired) electrons. The van der Waals surface area contributed by atoms with Crippen LogP contribution in [0.4, 0.5) is 0 Å². The Morgan fingerprint density at radius 3 is 2.56 bits per heavy atom. The van der Waals surface area contributed by atoms with E-state index in [0.717, 1.165) is 0 Å². The summed E-state index contributed by atoms with van der Waals surface area (Å²) in [6, 6.07) is 0. The van der Waals surface area contributed by atoms with Gasteiger partial charge in [0.1, 0.15) is 0 Å². The molecule has 0 amide bonds. The number of rotatable bonds is 1. The zero-order chi connectivity index (χ0) is 6.85. The molecule has 47 valence electrons. The van der Waals surface area contributed by atoms with Crippen molar-refractivity contribution in [3.63, 3.8) is 0 Å². The average Bonchev–Trinajstić information content (AvgIpc) is 2.12. The summed E-state index contributed by atoms with van der Waals surface area (Å²) in [5.74, 6) is 0. The Morgan fingerprint density at radius 2 is 2.33 bits per heavy atom. The standard InChI is InChI=1S/C8H11.Zr/c1-3-8-6-4-5-7(8)2;/h5H,3-4H2,1-2H3;. The van der Waals surface area contributed by atoms with Gasteiger partial charge in [0, 0.05) is 0 Å². The van der Waals surface area contributed by atoms with Gasteiger partial charge in [0.2, 0.25) is 0 Å². The zero-order valence-electron chi connectivity index (χ0n) is 5.99. The van der Waals surface area contributed by atoms with E-state index >= 15 is 0 Å². The molecule has 0 saturated carbocycles. The maximum absolute atomic E-state index is 2.34. The summed E-state index contributed by atoms with van der Waals surface area (Å²) in [7, 11) is 0. The third-order valence-electron chi connectivity index (χ3n) is 1.81. The summed E-state index contributed by atoms with van der Waals surface area (Å²) >= 11 is 1.60. The first-order chi connectivity index (χ1) is 4.25. The Morgan fingerprint density at radius 1 is 1.67 bits per heavy atom. The molecule has 1 aliphatic rings. The van der Waals surface area contributed by atoms with E-state index in [1.807, 2.05) is 0 Å². The molecule has 0 nitrogen and oxygen atoms in total. The first-order valence-electron chi connectivity index (χ1n) is 3.36. The predicted octanol–water partition coefficient (Wildman–Crippen LogP) is 2.55. The van der Waals surface area contributed by atoms with E-state index in [1.54, 1.807) is 33.6 Å². The van der Waals surface area contributed by atoms with Crippen LogP contribution in [0.25, 0.3) is 0 Å². The third-order valence-corrected chi connectivity index (χ3v) is 3.05. The van der Waals surface area contributed by atoms with Crippen LogP contribution in [0.5, 0.6) is 0 Å². The second-order valence-electron chi connectivity index (χ2n) is 2.40. The minimum absolute atomic E-state index is 1.23. The fourth-order valence-corrected chi connectivity index (χ4v) is 2.40. The molecule has 0 bridgehead atoms. The normalized spacial score (nSPS) is 18.6. The molecule has 1 heteroatoms. The molecular formula is C8H11Zr. The summed E-state index contributed by atoms with van der Waals surface area (Å²) in [6.45, 7) is 4.46. The van der Waals surface area contributed by atoms with Crippen molar-refractivity contribution in [2.24, 2.45) is 0 Å². The SMILES string of the molecule is CCC1=[C]([Zr])CC=C1C. The van der Waals surface area contributed by atoms with Crippen LogP contribution < -0.4 is 0 Å². The van der Waals surface area contributed by atoms with Crippen LogP contribution >= 0.6 is 0 Å². The van der Waals surface area contributed by atoms with Crippen molar-refractivity contribution < 1.29 is 24.7 Å². The summed E-state index contributed by atoms with van der Waals surface area (Å²) in [4.78, 5) is 0. The van der Waals surface area contributed by atoms with Gasteiger partial charge in [-0.05, 0) is 0 Å². The Labute approximate surface area is 71.9 Å². The molecule has 0 aromatic rings. The molecule has 1 aliphatic carbocycles. The molecule has 0 N–H and O–H groups in total. The second kappa shape index (κ2) is 2.97. The number of hydrogen-bond donors (Lipinski definition) is 0. The summed E-state index contributed by atoms with van der Waals surface area (Å²) in [5, 5.41) is 0. The van der Waals surface area contributed by atoms with E-state index in [-0.39, 0.29) is 0 Å². The Hall–Kier alpha value is 0.363. The van der Waals surface area contributed by atoms with E-state index < -0.39 is 0 Å². The first-order valence-corrected chi connectivity index (χ1v) is 4.59. The zero-order valence-corrected chi connectivity index (χ0v) is 8.45. The van der Waals surface area contributed by atoms with Crippen molar-refractivity contribution >= 4 is 0 Å². The fraction of sp³-hybridized carbons (Fsp3) is 0.500. The van der Waals surface area contributed by atoms with E-state index in [9.17, 15) is 0 Å². The molecule has 0 aliphatic heterocycles. The van der Waals surface area contributed by atoms with Crippen molar-refractivity contribution in [1.82, 2.24) is 0 Å². The molecule has 0 aromatic carbocycles. The van der Waals surface area contributed by atoms with E-state index in [1.165, 1.54) is 18.4 Å². The van der Waals surface area contributed by atoms with E-state index in [2.05, 4.69) is 19.9 Å². The molecule has 0 heterocycles. The fourth-order valence-electron chi connectivity index (χ4n) is 1.23. The number of allylic oxidation sites excluding steroid dienone is 4. The maximum atomic E-state index is 2.34. The molecule has 1 rings (SSSR count). The quantitative estimate of drug-likeness (QED) is 0.607. The minimum atomic E-state index is 1.23.